The van der Waals surface area contributed by atoms with E-state index >= 15 is 0 Å². The van der Waals surface area contributed by atoms with Crippen LogP contribution < -0.4 is 10.6 Å². The van der Waals surface area contributed by atoms with Gasteiger partial charge in [0.25, 0.3) is 0 Å². The number of anilines is 1. The maximum atomic E-state index is 12.0. The van der Waals surface area contributed by atoms with E-state index in [4.69, 9.17) is 11.6 Å². The third-order valence-corrected chi connectivity index (χ3v) is 5.07. The van der Waals surface area contributed by atoms with Crippen molar-refractivity contribution in [2.75, 3.05) is 25.0 Å². The van der Waals surface area contributed by atoms with Crippen LogP contribution in [-0.4, -0.2) is 36.3 Å². The molecule has 0 radical (unpaired) electrons. The average Bonchev–Trinajstić information content (AvgIpc) is 2.69. The first kappa shape index (κ1) is 19.4. The highest BCUT2D eigenvalue weighted by Gasteiger charge is 2.21. The van der Waals surface area contributed by atoms with Gasteiger partial charge in [-0.25, -0.2) is 0 Å². The molecule has 142 valence electrons. The lowest BCUT2D eigenvalue weighted by Gasteiger charge is -2.32. The monoisotopic (exact) mass is 385 g/mol. The number of amides is 2. The summed E-state index contributed by atoms with van der Waals surface area (Å²) < 4.78 is 0. The summed E-state index contributed by atoms with van der Waals surface area (Å²) in [6.07, 6.45) is 2.04. The largest absolute Gasteiger partial charge is 0.348 e. The maximum Gasteiger partial charge on any atom is 0.313 e. The summed E-state index contributed by atoms with van der Waals surface area (Å²) in [7, 11) is 0. The molecule has 0 bridgehead atoms. The van der Waals surface area contributed by atoms with Crippen molar-refractivity contribution in [1.82, 2.24) is 10.2 Å². The van der Waals surface area contributed by atoms with Crippen LogP contribution in [0.25, 0.3) is 0 Å². The Hall–Kier alpha value is -2.37. The van der Waals surface area contributed by atoms with E-state index in [1.54, 1.807) is 24.3 Å². The van der Waals surface area contributed by atoms with Gasteiger partial charge < -0.3 is 10.6 Å². The molecule has 1 heterocycles. The zero-order valence-corrected chi connectivity index (χ0v) is 15.9. The molecule has 3 rings (SSSR count). The van der Waals surface area contributed by atoms with Crippen LogP contribution in [0.1, 0.15) is 18.4 Å². The molecule has 2 aromatic carbocycles. The first-order chi connectivity index (χ1) is 13.1. The number of carbonyl (C=O) groups excluding carboxylic acids is 2. The first-order valence-electron chi connectivity index (χ1n) is 9.21. The second-order valence-corrected chi connectivity index (χ2v) is 7.31. The van der Waals surface area contributed by atoms with E-state index in [9.17, 15) is 9.59 Å². The van der Waals surface area contributed by atoms with Gasteiger partial charge in [-0.3, -0.25) is 14.5 Å². The SMILES string of the molecule is O=C(NCC1CCN(Cc2ccccc2)CC1)C(=O)Nc1ccc(Cl)cc1. The van der Waals surface area contributed by atoms with Crippen LogP contribution in [0.2, 0.25) is 5.02 Å². The lowest BCUT2D eigenvalue weighted by molar-refractivity contribution is -0.136. The molecule has 0 atom stereocenters. The Kier molecular flexibility index (Phi) is 6.85. The summed E-state index contributed by atoms with van der Waals surface area (Å²) >= 11 is 5.81. The van der Waals surface area contributed by atoms with Crippen LogP contribution in [0.5, 0.6) is 0 Å². The van der Waals surface area contributed by atoms with Gasteiger partial charge >= 0.3 is 11.8 Å². The van der Waals surface area contributed by atoms with E-state index in [0.29, 0.717) is 23.2 Å². The fraction of sp³-hybridized carbons (Fsp3) is 0.333. The lowest BCUT2D eigenvalue weighted by Crippen LogP contribution is -2.41. The fourth-order valence-corrected chi connectivity index (χ4v) is 3.35. The van der Waals surface area contributed by atoms with E-state index in [-0.39, 0.29) is 0 Å². The van der Waals surface area contributed by atoms with Crippen molar-refractivity contribution >= 4 is 29.1 Å². The van der Waals surface area contributed by atoms with Crippen LogP contribution in [0.4, 0.5) is 5.69 Å². The molecule has 2 aromatic rings. The van der Waals surface area contributed by atoms with Crippen molar-refractivity contribution in [2.45, 2.75) is 19.4 Å². The number of piperidine rings is 1. The maximum absolute atomic E-state index is 12.0. The van der Waals surface area contributed by atoms with Gasteiger partial charge in [-0.2, -0.15) is 0 Å². The number of halogens is 1. The Labute approximate surface area is 164 Å². The Morgan fingerprint density at radius 3 is 2.30 bits per heavy atom. The molecular formula is C21H24ClN3O2. The van der Waals surface area contributed by atoms with Crippen molar-refractivity contribution in [1.29, 1.82) is 0 Å². The number of rotatable bonds is 5. The number of nitrogens with one attached hydrogen (secondary N) is 2. The summed E-state index contributed by atoms with van der Waals surface area (Å²) in [5.41, 5.74) is 1.87. The van der Waals surface area contributed by atoms with Crippen molar-refractivity contribution < 1.29 is 9.59 Å². The second kappa shape index (κ2) is 9.53. The number of benzene rings is 2. The molecule has 1 fully saturated rings. The fourth-order valence-electron chi connectivity index (χ4n) is 3.23. The highest BCUT2D eigenvalue weighted by molar-refractivity contribution is 6.39. The predicted octanol–water partition coefficient (Wildman–Crippen LogP) is 3.31. The van der Waals surface area contributed by atoms with Crippen LogP contribution in [0.3, 0.4) is 0 Å². The molecule has 5 nitrogen and oxygen atoms in total. The highest BCUT2D eigenvalue weighted by Crippen LogP contribution is 2.18. The first-order valence-corrected chi connectivity index (χ1v) is 9.59. The Balaban J connectivity index is 1.37. The van der Waals surface area contributed by atoms with Gasteiger partial charge in [0.1, 0.15) is 0 Å². The predicted molar refractivity (Wildman–Crippen MR) is 108 cm³/mol. The summed E-state index contributed by atoms with van der Waals surface area (Å²) in [6, 6.07) is 17.1. The van der Waals surface area contributed by atoms with E-state index in [0.717, 1.165) is 32.5 Å². The average molecular weight is 386 g/mol. The minimum absolute atomic E-state index is 0.407. The Morgan fingerprint density at radius 1 is 0.963 bits per heavy atom. The van der Waals surface area contributed by atoms with Gasteiger partial charge in [0.05, 0.1) is 0 Å². The number of hydrogen-bond donors (Lipinski definition) is 2. The molecule has 2 N–H and O–H groups in total. The molecule has 2 amide bonds. The number of nitrogens with zero attached hydrogens (tertiary/aromatic N) is 1. The molecule has 0 aliphatic carbocycles. The van der Waals surface area contributed by atoms with Gasteiger partial charge in [0, 0.05) is 23.8 Å². The Morgan fingerprint density at radius 2 is 1.63 bits per heavy atom. The molecule has 0 unspecified atom stereocenters. The zero-order chi connectivity index (χ0) is 19.1. The van der Waals surface area contributed by atoms with Crippen LogP contribution in [0.15, 0.2) is 54.6 Å². The van der Waals surface area contributed by atoms with Gasteiger partial charge in [0.2, 0.25) is 0 Å². The highest BCUT2D eigenvalue weighted by atomic mass is 35.5. The smallest absolute Gasteiger partial charge is 0.313 e. The molecule has 27 heavy (non-hydrogen) atoms. The summed E-state index contributed by atoms with van der Waals surface area (Å²) in [5.74, 6) is -0.847. The van der Waals surface area contributed by atoms with Gasteiger partial charge in [-0.15, -0.1) is 0 Å². The summed E-state index contributed by atoms with van der Waals surface area (Å²) in [6.45, 7) is 3.51. The summed E-state index contributed by atoms with van der Waals surface area (Å²) in [5, 5.41) is 5.91. The van der Waals surface area contributed by atoms with E-state index in [1.165, 1.54) is 5.56 Å². The van der Waals surface area contributed by atoms with Crippen molar-refractivity contribution in [2.24, 2.45) is 5.92 Å². The molecular weight excluding hydrogens is 362 g/mol. The molecule has 1 aliphatic rings. The van der Waals surface area contributed by atoms with Gasteiger partial charge in [0.15, 0.2) is 0 Å². The minimum atomic E-state index is -0.654. The van der Waals surface area contributed by atoms with Crippen LogP contribution >= 0.6 is 11.6 Å². The lowest BCUT2D eigenvalue weighted by atomic mass is 9.96. The van der Waals surface area contributed by atoms with Crippen molar-refractivity contribution in [3.05, 3.63) is 65.2 Å². The molecule has 0 saturated carbocycles. The van der Waals surface area contributed by atoms with Crippen LogP contribution in [0, 0.1) is 5.92 Å². The van der Waals surface area contributed by atoms with Gasteiger partial charge in [-0.05, 0) is 61.7 Å². The molecule has 6 heteroatoms. The normalized spacial score (nSPS) is 15.3. The van der Waals surface area contributed by atoms with E-state index in [1.807, 2.05) is 6.07 Å². The Bertz CT molecular complexity index is 757. The van der Waals surface area contributed by atoms with Crippen LogP contribution in [-0.2, 0) is 16.1 Å². The zero-order valence-electron chi connectivity index (χ0n) is 15.2. The summed E-state index contributed by atoms with van der Waals surface area (Å²) in [4.78, 5) is 26.4. The molecule has 0 spiro atoms. The number of hydrogen-bond acceptors (Lipinski definition) is 3. The van der Waals surface area contributed by atoms with Gasteiger partial charge in [-0.1, -0.05) is 41.9 Å². The van der Waals surface area contributed by atoms with Crippen molar-refractivity contribution in [3.8, 4) is 0 Å². The third-order valence-electron chi connectivity index (χ3n) is 4.82. The van der Waals surface area contributed by atoms with E-state index < -0.39 is 11.8 Å². The molecule has 1 saturated heterocycles. The second-order valence-electron chi connectivity index (χ2n) is 6.88. The van der Waals surface area contributed by atoms with Crippen molar-refractivity contribution in [3.63, 3.8) is 0 Å². The number of carbonyl (C=O) groups is 2. The standard InChI is InChI=1S/C21H24ClN3O2/c22-18-6-8-19(9-7-18)24-21(27)20(26)23-14-16-10-12-25(13-11-16)15-17-4-2-1-3-5-17/h1-9,16H,10-15H2,(H,23,26)(H,24,27). The topological polar surface area (TPSA) is 61.4 Å². The molecule has 1 aliphatic heterocycles. The molecule has 0 aromatic heterocycles. The number of likely N-dealkylation sites (tertiary alicyclic amines) is 1. The minimum Gasteiger partial charge on any atom is -0.348 e. The quantitative estimate of drug-likeness (QED) is 0.776. The van der Waals surface area contributed by atoms with E-state index in [2.05, 4.69) is 39.8 Å². The third kappa shape index (κ3) is 6.08.